The zero-order chi connectivity index (χ0) is 14.7. The molecule has 0 atom stereocenters. The summed E-state index contributed by atoms with van der Waals surface area (Å²) in [4.78, 5) is 19.8. The van der Waals surface area contributed by atoms with Gasteiger partial charge >= 0.3 is 5.97 Å². The average molecular weight is 309 g/mol. The van der Waals surface area contributed by atoms with E-state index in [1.165, 1.54) is 11.8 Å². The number of thioether (sulfide) groups is 1. The van der Waals surface area contributed by atoms with Crippen molar-refractivity contribution in [3.63, 3.8) is 0 Å². The predicted molar refractivity (Wildman–Crippen MR) is 79.5 cm³/mol. The van der Waals surface area contributed by atoms with E-state index in [0.29, 0.717) is 21.4 Å². The van der Waals surface area contributed by atoms with Crippen LogP contribution < -0.4 is 0 Å². The maximum atomic E-state index is 11.3. The summed E-state index contributed by atoms with van der Waals surface area (Å²) < 4.78 is 0. The van der Waals surface area contributed by atoms with Crippen molar-refractivity contribution in [3.05, 3.63) is 51.9 Å². The maximum Gasteiger partial charge on any atom is 0.338 e. The van der Waals surface area contributed by atoms with E-state index in [9.17, 15) is 9.90 Å². The fourth-order valence-corrected chi connectivity index (χ4v) is 3.06. The molecule has 0 saturated carbocycles. The highest BCUT2D eigenvalue weighted by molar-refractivity contribution is 7.98. The number of aryl methyl sites for hydroxylation is 2. The fourth-order valence-electron chi connectivity index (χ4n) is 1.84. The molecule has 1 N–H and O–H groups in total. The summed E-state index contributed by atoms with van der Waals surface area (Å²) in [5.74, 6) is -0.437. The number of carboxylic acids is 1. The minimum atomic E-state index is -0.962. The van der Waals surface area contributed by atoms with E-state index in [-0.39, 0.29) is 5.56 Å². The first-order chi connectivity index (χ1) is 9.47. The van der Waals surface area contributed by atoms with Crippen molar-refractivity contribution < 1.29 is 9.90 Å². The molecule has 6 heteroatoms. The third-order valence-electron chi connectivity index (χ3n) is 2.66. The first-order valence-corrected chi connectivity index (χ1v) is 7.28. The number of halogens is 1. The number of carbonyl (C=O) groups is 1. The molecule has 0 radical (unpaired) electrons. The number of carboxylic acid groups (broad SMARTS) is 1. The molecule has 0 aliphatic rings. The van der Waals surface area contributed by atoms with E-state index in [1.807, 2.05) is 6.92 Å². The number of aromatic nitrogens is 2. The van der Waals surface area contributed by atoms with Crippen LogP contribution in [-0.2, 0) is 5.75 Å². The number of hydrogen-bond donors (Lipinski definition) is 1. The fraction of sp³-hybridized carbons (Fsp3) is 0.214. The van der Waals surface area contributed by atoms with Gasteiger partial charge in [0.15, 0.2) is 0 Å². The summed E-state index contributed by atoms with van der Waals surface area (Å²) in [7, 11) is 0. The molecule has 20 heavy (non-hydrogen) atoms. The van der Waals surface area contributed by atoms with Crippen molar-refractivity contribution in [1.82, 2.24) is 9.97 Å². The van der Waals surface area contributed by atoms with Crippen LogP contribution in [0.5, 0.6) is 0 Å². The van der Waals surface area contributed by atoms with Gasteiger partial charge in [0.25, 0.3) is 0 Å². The number of aromatic carboxylic acids is 1. The quantitative estimate of drug-likeness (QED) is 0.872. The van der Waals surface area contributed by atoms with Crippen LogP contribution in [0.25, 0.3) is 0 Å². The first kappa shape index (κ1) is 14.8. The molecule has 0 saturated heterocycles. The Balaban J connectivity index is 2.27. The Morgan fingerprint density at radius 3 is 2.80 bits per heavy atom. The highest BCUT2D eigenvalue weighted by atomic mass is 35.5. The van der Waals surface area contributed by atoms with Crippen LogP contribution in [0.3, 0.4) is 0 Å². The average Bonchev–Trinajstić information content (AvgIpc) is 2.35. The van der Waals surface area contributed by atoms with Crippen LogP contribution in [0.15, 0.2) is 29.4 Å². The number of rotatable bonds is 4. The second-order valence-corrected chi connectivity index (χ2v) is 5.72. The van der Waals surface area contributed by atoms with Gasteiger partial charge in [0.05, 0.1) is 11.3 Å². The van der Waals surface area contributed by atoms with Crippen molar-refractivity contribution in [2.24, 2.45) is 0 Å². The zero-order valence-corrected chi connectivity index (χ0v) is 12.6. The van der Waals surface area contributed by atoms with Crippen LogP contribution in [0.2, 0.25) is 5.02 Å². The van der Waals surface area contributed by atoms with Gasteiger partial charge in [0.1, 0.15) is 5.03 Å². The lowest BCUT2D eigenvalue weighted by Crippen LogP contribution is -2.05. The molecule has 0 aliphatic heterocycles. The highest BCUT2D eigenvalue weighted by Gasteiger charge is 2.16. The smallest absolute Gasteiger partial charge is 0.338 e. The van der Waals surface area contributed by atoms with E-state index in [2.05, 4.69) is 9.97 Å². The van der Waals surface area contributed by atoms with Crippen molar-refractivity contribution in [2.75, 3.05) is 0 Å². The Bertz CT molecular complexity index is 662. The van der Waals surface area contributed by atoms with Gasteiger partial charge in [-0.05, 0) is 37.6 Å². The van der Waals surface area contributed by atoms with E-state index in [4.69, 9.17) is 11.6 Å². The Hall–Kier alpha value is -1.59. The van der Waals surface area contributed by atoms with Crippen molar-refractivity contribution >= 4 is 29.3 Å². The molecule has 0 unspecified atom stereocenters. The second-order valence-electron chi connectivity index (χ2n) is 4.32. The third-order valence-corrected chi connectivity index (χ3v) is 3.90. The number of nitrogens with zero attached hydrogens (tertiary/aromatic N) is 2. The standard InChI is InChI=1S/C14H13ClN2O2S/c1-8-5-9(2)17-13(12(8)14(18)19)20-7-11-6-10(15)3-4-16-11/h3-6H,7H2,1-2H3,(H,18,19). The molecule has 0 spiro atoms. The van der Waals surface area contributed by atoms with E-state index >= 15 is 0 Å². The molecule has 0 aliphatic carbocycles. The van der Waals surface area contributed by atoms with Crippen LogP contribution in [-0.4, -0.2) is 21.0 Å². The van der Waals surface area contributed by atoms with Crippen molar-refractivity contribution in [1.29, 1.82) is 0 Å². The largest absolute Gasteiger partial charge is 0.478 e. The Labute approximate surface area is 126 Å². The summed E-state index contributed by atoms with van der Waals surface area (Å²) in [6.45, 7) is 3.63. The summed E-state index contributed by atoms with van der Waals surface area (Å²) in [5.41, 5.74) is 2.56. The second kappa shape index (κ2) is 6.24. The zero-order valence-electron chi connectivity index (χ0n) is 11.1. The minimum Gasteiger partial charge on any atom is -0.478 e. The molecule has 2 rings (SSSR count). The third kappa shape index (κ3) is 3.49. The first-order valence-electron chi connectivity index (χ1n) is 5.92. The minimum absolute atomic E-state index is 0.252. The Morgan fingerprint density at radius 2 is 2.15 bits per heavy atom. The van der Waals surface area contributed by atoms with Gasteiger partial charge in [-0.25, -0.2) is 9.78 Å². The lowest BCUT2D eigenvalue weighted by molar-refractivity contribution is 0.0691. The van der Waals surface area contributed by atoms with Gasteiger partial charge in [0, 0.05) is 22.7 Å². The summed E-state index contributed by atoms with van der Waals surface area (Å²) in [5, 5.41) is 10.4. The highest BCUT2D eigenvalue weighted by Crippen LogP contribution is 2.27. The Kier molecular flexibility index (Phi) is 4.62. The molecule has 2 aromatic rings. The van der Waals surface area contributed by atoms with Crippen molar-refractivity contribution in [3.8, 4) is 0 Å². The Morgan fingerprint density at radius 1 is 1.40 bits per heavy atom. The van der Waals surface area contributed by atoms with Gasteiger partial charge in [-0.3, -0.25) is 4.98 Å². The van der Waals surface area contributed by atoms with Crippen LogP contribution in [0.4, 0.5) is 0 Å². The lowest BCUT2D eigenvalue weighted by atomic mass is 10.1. The van der Waals surface area contributed by atoms with Gasteiger partial charge in [-0.1, -0.05) is 23.4 Å². The SMILES string of the molecule is Cc1cc(C)c(C(=O)O)c(SCc2cc(Cl)ccn2)n1. The molecule has 2 aromatic heterocycles. The molecular weight excluding hydrogens is 296 g/mol. The van der Waals surface area contributed by atoms with Crippen LogP contribution in [0.1, 0.15) is 27.3 Å². The predicted octanol–water partition coefficient (Wildman–Crippen LogP) is 3.74. The molecule has 0 aromatic carbocycles. The number of pyridine rings is 2. The van der Waals surface area contributed by atoms with Gasteiger partial charge < -0.3 is 5.11 Å². The van der Waals surface area contributed by atoms with Crippen LogP contribution >= 0.6 is 23.4 Å². The monoisotopic (exact) mass is 308 g/mol. The molecule has 104 valence electrons. The van der Waals surface area contributed by atoms with Gasteiger partial charge in [0.2, 0.25) is 0 Å². The maximum absolute atomic E-state index is 11.3. The molecule has 4 nitrogen and oxygen atoms in total. The molecule has 0 fully saturated rings. The van der Waals surface area contributed by atoms with Crippen molar-refractivity contribution in [2.45, 2.75) is 24.6 Å². The van der Waals surface area contributed by atoms with Gasteiger partial charge in [-0.15, -0.1) is 0 Å². The van der Waals surface area contributed by atoms with E-state index < -0.39 is 5.97 Å². The molecule has 0 amide bonds. The summed E-state index contributed by atoms with van der Waals surface area (Å²) in [6, 6.07) is 5.23. The molecular formula is C14H13ClN2O2S. The topological polar surface area (TPSA) is 63.1 Å². The summed E-state index contributed by atoms with van der Waals surface area (Å²) in [6.07, 6.45) is 1.63. The van der Waals surface area contributed by atoms with E-state index in [0.717, 1.165) is 11.4 Å². The normalized spacial score (nSPS) is 10.6. The van der Waals surface area contributed by atoms with Crippen LogP contribution in [0, 0.1) is 13.8 Å². The molecule has 0 bridgehead atoms. The molecule has 2 heterocycles. The lowest BCUT2D eigenvalue weighted by Gasteiger charge is -2.09. The van der Waals surface area contributed by atoms with E-state index in [1.54, 1.807) is 31.3 Å². The summed E-state index contributed by atoms with van der Waals surface area (Å²) >= 11 is 7.25. The van der Waals surface area contributed by atoms with Gasteiger partial charge in [-0.2, -0.15) is 0 Å². The number of hydrogen-bond acceptors (Lipinski definition) is 4.